The molecule has 0 spiro atoms. The molecule has 0 amide bonds. The number of benzene rings is 1. The zero-order valence-corrected chi connectivity index (χ0v) is 13.4. The average molecular weight is 330 g/mol. The monoisotopic (exact) mass is 329 g/mol. The maximum atomic E-state index is 6.02. The number of aromatic nitrogens is 4. The number of hydrogen-bond donors (Lipinski definition) is 0. The van der Waals surface area contributed by atoms with Gasteiger partial charge in [0.25, 0.3) is 0 Å². The first-order valence-electron chi connectivity index (χ1n) is 7.54. The average Bonchev–Trinajstić information content (AvgIpc) is 3.22. The summed E-state index contributed by atoms with van der Waals surface area (Å²) < 4.78 is 8.03. The third-order valence-corrected chi connectivity index (χ3v) is 4.43. The molecule has 1 aliphatic heterocycles. The van der Waals surface area contributed by atoms with Crippen molar-refractivity contribution < 1.29 is 4.42 Å². The molecule has 1 atom stereocenters. The molecule has 0 N–H and O–H groups in total. The maximum Gasteiger partial charge on any atom is 0.247 e. The second-order valence-electron chi connectivity index (χ2n) is 5.64. The van der Waals surface area contributed by atoms with Crippen molar-refractivity contribution in [3.05, 3.63) is 53.4 Å². The zero-order chi connectivity index (χ0) is 15.8. The molecular formula is C16H16ClN5O. The van der Waals surface area contributed by atoms with Crippen molar-refractivity contribution in [2.45, 2.75) is 26.1 Å². The Labute approximate surface area is 138 Å². The predicted molar refractivity (Wildman–Crippen MR) is 85.8 cm³/mol. The van der Waals surface area contributed by atoms with Crippen LogP contribution in [0.3, 0.4) is 0 Å². The fraction of sp³-hybridized carbons (Fsp3) is 0.312. The van der Waals surface area contributed by atoms with Crippen LogP contribution in [0, 0.1) is 0 Å². The van der Waals surface area contributed by atoms with Crippen molar-refractivity contribution in [1.29, 1.82) is 0 Å². The van der Waals surface area contributed by atoms with E-state index < -0.39 is 0 Å². The van der Waals surface area contributed by atoms with Crippen molar-refractivity contribution in [1.82, 2.24) is 24.6 Å². The molecule has 0 saturated heterocycles. The Kier molecular flexibility index (Phi) is 3.63. The second kappa shape index (κ2) is 5.79. The van der Waals surface area contributed by atoms with Gasteiger partial charge in [0.1, 0.15) is 5.82 Å². The molecule has 118 valence electrons. The van der Waals surface area contributed by atoms with E-state index in [4.69, 9.17) is 16.0 Å². The minimum absolute atomic E-state index is 0.0425. The van der Waals surface area contributed by atoms with E-state index in [9.17, 15) is 0 Å². The van der Waals surface area contributed by atoms with E-state index in [1.165, 1.54) is 0 Å². The Morgan fingerprint density at radius 3 is 3.04 bits per heavy atom. The lowest BCUT2D eigenvalue weighted by atomic mass is 10.2. The van der Waals surface area contributed by atoms with Gasteiger partial charge in [0.15, 0.2) is 0 Å². The third-order valence-electron chi connectivity index (χ3n) is 4.19. The van der Waals surface area contributed by atoms with E-state index in [0.29, 0.717) is 16.8 Å². The van der Waals surface area contributed by atoms with Crippen molar-refractivity contribution >= 4 is 11.6 Å². The number of fused-ring (bicyclic) bond motifs is 1. The third kappa shape index (κ3) is 2.75. The highest BCUT2D eigenvalue weighted by molar-refractivity contribution is 6.30. The van der Waals surface area contributed by atoms with Gasteiger partial charge in [0, 0.05) is 36.1 Å². The molecule has 0 aliphatic carbocycles. The van der Waals surface area contributed by atoms with E-state index in [2.05, 4.69) is 31.6 Å². The molecule has 0 saturated carbocycles. The zero-order valence-electron chi connectivity index (χ0n) is 12.7. The SMILES string of the molecule is C[C@H](c1nnc(-c2cccc(Cl)c2)o1)N1CCn2ccnc2C1. The summed E-state index contributed by atoms with van der Waals surface area (Å²) in [6, 6.07) is 7.46. The number of imidazole rings is 1. The molecule has 23 heavy (non-hydrogen) atoms. The molecule has 2 aromatic heterocycles. The fourth-order valence-corrected chi connectivity index (χ4v) is 3.01. The Morgan fingerprint density at radius 1 is 1.26 bits per heavy atom. The molecular weight excluding hydrogens is 314 g/mol. The standard InChI is InChI=1S/C16H16ClN5O/c1-11(22-8-7-21-6-5-18-14(21)10-22)15-19-20-16(23-15)12-3-2-4-13(17)9-12/h2-6,9,11H,7-8,10H2,1H3/t11-/m1/s1. The molecule has 0 unspecified atom stereocenters. The molecule has 1 aliphatic rings. The fourth-order valence-electron chi connectivity index (χ4n) is 2.82. The van der Waals surface area contributed by atoms with Gasteiger partial charge in [-0.25, -0.2) is 4.98 Å². The topological polar surface area (TPSA) is 60.0 Å². The number of halogens is 1. The quantitative estimate of drug-likeness (QED) is 0.738. The molecule has 4 rings (SSSR count). The highest BCUT2D eigenvalue weighted by atomic mass is 35.5. The van der Waals surface area contributed by atoms with Gasteiger partial charge in [-0.15, -0.1) is 10.2 Å². The van der Waals surface area contributed by atoms with Crippen molar-refractivity contribution in [2.75, 3.05) is 6.54 Å². The van der Waals surface area contributed by atoms with Crippen molar-refractivity contribution in [3.8, 4) is 11.5 Å². The van der Waals surface area contributed by atoms with Crippen molar-refractivity contribution in [2.24, 2.45) is 0 Å². The summed E-state index contributed by atoms with van der Waals surface area (Å²) in [5.74, 6) is 2.17. The van der Waals surface area contributed by atoms with Gasteiger partial charge in [0.05, 0.1) is 12.6 Å². The Morgan fingerprint density at radius 2 is 2.17 bits per heavy atom. The van der Waals surface area contributed by atoms with Gasteiger partial charge >= 0.3 is 0 Å². The molecule has 7 heteroatoms. The lowest BCUT2D eigenvalue weighted by molar-refractivity contribution is 0.143. The summed E-state index contributed by atoms with van der Waals surface area (Å²) in [5.41, 5.74) is 0.831. The van der Waals surface area contributed by atoms with E-state index in [1.54, 1.807) is 0 Å². The van der Waals surface area contributed by atoms with Gasteiger partial charge in [-0.1, -0.05) is 17.7 Å². The van der Waals surface area contributed by atoms with Crippen LogP contribution in [-0.4, -0.2) is 31.2 Å². The summed E-state index contributed by atoms with van der Waals surface area (Å²) >= 11 is 6.02. The van der Waals surface area contributed by atoms with E-state index in [-0.39, 0.29) is 6.04 Å². The first-order valence-corrected chi connectivity index (χ1v) is 7.92. The summed E-state index contributed by atoms with van der Waals surface area (Å²) in [6.45, 7) is 4.71. The summed E-state index contributed by atoms with van der Waals surface area (Å²) in [4.78, 5) is 6.67. The van der Waals surface area contributed by atoms with Gasteiger partial charge in [-0.2, -0.15) is 0 Å². The first-order chi connectivity index (χ1) is 11.2. The number of nitrogens with zero attached hydrogens (tertiary/aromatic N) is 5. The van der Waals surface area contributed by atoms with Crippen LogP contribution in [0.5, 0.6) is 0 Å². The number of rotatable bonds is 3. The molecule has 6 nitrogen and oxygen atoms in total. The van der Waals surface area contributed by atoms with Gasteiger partial charge < -0.3 is 8.98 Å². The van der Waals surface area contributed by atoms with Crippen LogP contribution in [0.25, 0.3) is 11.5 Å². The largest absolute Gasteiger partial charge is 0.419 e. The Balaban J connectivity index is 1.55. The predicted octanol–water partition coefficient (Wildman–Crippen LogP) is 3.16. The summed E-state index contributed by atoms with van der Waals surface area (Å²) in [7, 11) is 0. The van der Waals surface area contributed by atoms with E-state index in [1.807, 2.05) is 36.7 Å². The van der Waals surface area contributed by atoms with Crippen LogP contribution < -0.4 is 0 Å². The lowest BCUT2D eigenvalue weighted by Gasteiger charge is -2.30. The van der Waals surface area contributed by atoms with E-state index >= 15 is 0 Å². The Bertz CT molecular complexity index is 827. The molecule has 3 heterocycles. The first kappa shape index (κ1) is 14.4. The normalized spacial score (nSPS) is 16.3. The van der Waals surface area contributed by atoms with Crippen LogP contribution in [0.2, 0.25) is 5.02 Å². The Hall–Kier alpha value is -2.18. The minimum Gasteiger partial charge on any atom is -0.419 e. The second-order valence-corrected chi connectivity index (χ2v) is 6.08. The lowest BCUT2D eigenvalue weighted by Crippen LogP contribution is -2.35. The molecule has 0 fully saturated rings. The highest BCUT2D eigenvalue weighted by Crippen LogP contribution is 2.27. The smallest absolute Gasteiger partial charge is 0.247 e. The van der Waals surface area contributed by atoms with E-state index in [0.717, 1.165) is 31.0 Å². The van der Waals surface area contributed by atoms with Crippen LogP contribution >= 0.6 is 11.6 Å². The maximum absolute atomic E-state index is 6.02. The van der Waals surface area contributed by atoms with Crippen LogP contribution in [0.4, 0.5) is 0 Å². The van der Waals surface area contributed by atoms with Gasteiger partial charge in [0.2, 0.25) is 11.8 Å². The van der Waals surface area contributed by atoms with Crippen molar-refractivity contribution in [3.63, 3.8) is 0 Å². The minimum atomic E-state index is 0.0425. The molecule has 0 bridgehead atoms. The molecule has 0 radical (unpaired) electrons. The molecule has 1 aromatic carbocycles. The van der Waals surface area contributed by atoms with Crippen LogP contribution in [0.1, 0.15) is 24.7 Å². The summed E-state index contributed by atoms with van der Waals surface area (Å²) in [6.07, 6.45) is 3.86. The van der Waals surface area contributed by atoms with Crippen LogP contribution in [0.15, 0.2) is 41.1 Å². The summed E-state index contributed by atoms with van der Waals surface area (Å²) in [5, 5.41) is 9.02. The van der Waals surface area contributed by atoms with Gasteiger partial charge in [-0.05, 0) is 25.1 Å². The van der Waals surface area contributed by atoms with Crippen LogP contribution in [-0.2, 0) is 13.1 Å². The highest BCUT2D eigenvalue weighted by Gasteiger charge is 2.26. The number of hydrogen-bond acceptors (Lipinski definition) is 5. The van der Waals surface area contributed by atoms with Gasteiger partial charge in [-0.3, -0.25) is 4.90 Å². The molecule has 3 aromatic rings.